The van der Waals surface area contributed by atoms with Gasteiger partial charge in [-0.05, 0) is 31.4 Å². The number of hydrogen-bond acceptors (Lipinski definition) is 3. The molecule has 1 aromatic rings. The molecule has 5 heteroatoms. The molecule has 2 rings (SSSR count). The topological polar surface area (TPSA) is 42.4 Å². The molecule has 1 saturated heterocycles. The van der Waals surface area contributed by atoms with Crippen molar-refractivity contribution in [2.45, 2.75) is 33.1 Å². The van der Waals surface area contributed by atoms with Gasteiger partial charge in [0.05, 0.1) is 6.61 Å². The van der Waals surface area contributed by atoms with Gasteiger partial charge in [0.15, 0.2) is 0 Å². The fraction of sp³-hybridized carbons (Fsp3) is 0.625. The van der Waals surface area contributed by atoms with Crippen LogP contribution >= 0.6 is 11.6 Å². The van der Waals surface area contributed by atoms with Crippen LogP contribution in [0.4, 0.5) is 0 Å². The standard InChI is InChI=1S/C16H23ClN2O2/c1-4-19(9-12-5-6-21-10-12)16(20)13-7-14(11(2)3)18-15(17)8-13/h7-8,11-12H,4-6,9-10H2,1-3H3. The van der Waals surface area contributed by atoms with Gasteiger partial charge < -0.3 is 9.64 Å². The second-order valence-corrected chi connectivity index (χ2v) is 6.22. The van der Waals surface area contributed by atoms with Crippen molar-refractivity contribution in [3.05, 3.63) is 28.5 Å². The number of pyridine rings is 1. The van der Waals surface area contributed by atoms with Gasteiger partial charge in [-0.25, -0.2) is 4.98 Å². The summed E-state index contributed by atoms with van der Waals surface area (Å²) >= 11 is 6.05. The van der Waals surface area contributed by atoms with E-state index in [-0.39, 0.29) is 11.8 Å². The maximum Gasteiger partial charge on any atom is 0.254 e. The third-order valence-electron chi connectivity index (χ3n) is 3.82. The normalized spacial score (nSPS) is 18.2. The first-order valence-electron chi connectivity index (χ1n) is 7.55. The molecule has 0 bridgehead atoms. The first-order chi connectivity index (χ1) is 10.0. The van der Waals surface area contributed by atoms with Crippen LogP contribution in [0.15, 0.2) is 12.1 Å². The van der Waals surface area contributed by atoms with Gasteiger partial charge in [-0.15, -0.1) is 0 Å². The average Bonchev–Trinajstić information content (AvgIpc) is 2.96. The van der Waals surface area contributed by atoms with Crippen LogP contribution in [0.1, 0.15) is 49.2 Å². The summed E-state index contributed by atoms with van der Waals surface area (Å²) in [6.45, 7) is 9.06. The number of halogens is 1. The van der Waals surface area contributed by atoms with Crippen molar-refractivity contribution < 1.29 is 9.53 Å². The van der Waals surface area contributed by atoms with Gasteiger partial charge in [0.2, 0.25) is 0 Å². The maximum absolute atomic E-state index is 12.7. The summed E-state index contributed by atoms with van der Waals surface area (Å²) < 4.78 is 5.39. The van der Waals surface area contributed by atoms with E-state index in [0.29, 0.717) is 23.2 Å². The Labute approximate surface area is 131 Å². The number of aromatic nitrogens is 1. The number of hydrogen-bond donors (Lipinski definition) is 0. The number of rotatable bonds is 5. The van der Waals surface area contributed by atoms with E-state index in [1.54, 1.807) is 6.07 Å². The zero-order valence-electron chi connectivity index (χ0n) is 12.9. The number of carbonyl (C=O) groups excluding carboxylic acids is 1. The lowest BCUT2D eigenvalue weighted by Crippen LogP contribution is -2.35. The summed E-state index contributed by atoms with van der Waals surface area (Å²) in [5.41, 5.74) is 1.48. The molecule has 4 nitrogen and oxygen atoms in total. The fourth-order valence-electron chi connectivity index (χ4n) is 2.51. The molecule has 0 radical (unpaired) electrons. The number of amides is 1. The van der Waals surface area contributed by atoms with E-state index in [1.807, 2.05) is 31.7 Å². The Kier molecular flexibility index (Phi) is 5.59. The molecule has 2 heterocycles. The van der Waals surface area contributed by atoms with Crippen molar-refractivity contribution >= 4 is 17.5 Å². The van der Waals surface area contributed by atoms with Gasteiger partial charge in [0.1, 0.15) is 5.15 Å². The highest BCUT2D eigenvalue weighted by atomic mass is 35.5. The zero-order chi connectivity index (χ0) is 15.4. The number of ether oxygens (including phenoxy) is 1. The van der Waals surface area contributed by atoms with Gasteiger partial charge in [0.25, 0.3) is 5.91 Å². The van der Waals surface area contributed by atoms with Crippen molar-refractivity contribution in [2.75, 3.05) is 26.3 Å². The summed E-state index contributed by atoms with van der Waals surface area (Å²) in [6.07, 6.45) is 1.03. The van der Waals surface area contributed by atoms with Crippen molar-refractivity contribution in [1.82, 2.24) is 9.88 Å². The molecule has 1 atom stereocenters. The summed E-state index contributed by atoms with van der Waals surface area (Å²) in [6, 6.07) is 3.51. The fourth-order valence-corrected chi connectivity index (χ4v) is 2.73. The second kappa shape index (κ2) is 7.23. The van der Waals surface area contributed by atoms with Crippen LogP contribution in [0.25, 0.3) is 0 Å². The molecule has 1 aromatic heterocycles. The quantitative estimate of drug-likeness (QED) is 0.783. The molecule has 1 amide bonds. The predicted octanol–water partition coefficient (Wildman–Crippen LogP) is 3.36. The molecule has 0 aromatic carbocycles. The molecule has 1 aliphatic rings. The largest absolute Gasteiger partial charge is 0.381 e. The van der Waals surface area contributed by atoms with E-state index >= 15 is 0 Å². The van der Waals surface area contributed by atoms with Crippen LogP contribution in [0.3, 0.4) is 0 Å². The van der Waals surface area contributed by atoms with Crippen molar-refractivity contribution in [2.24, 2.45) is 5.92 Å². The van der Waals surface area contributed by atoms with E-state index < -0.39 is 0 Å². The molecule has 1 aliphatic heterocycles. The predicted molar refractivity (Wildman–Crippen MR) is 83.8 cm³/mol. The van der Waals surface area contributed by atoms with Crippen LogP contribution < -0.4 is 0 Å². The van der Waals surface area contributed by atoms with E-state index in [2.05, 4.69) is 4.98 Å². The van der Waals surface area contributed by atoms with Gasteiger partial charge in [0, 0.05) is 36.9 Å². The van der Waals surface area contributed by atoms with E-state index in [1.165, 1.54) is 0 Å². The van der Waals surface area contributed by atoms with Gasteiger partial charge >= 0.3 is 0 Å². The minimum Gasteiger partial charge on any atom is -0.381 e. The Morgan fingerprint density at radius 2 is 2.29 bits per heavy atom. The lowest BCUT2D eigenvalue weighted by Gasteiger charge is -2.24. The van der Waals surface area contributed by atoms with Crippen molar-refractivity contribution in [1.29, 1.82) is 0 Å². The molecular weight excluding hydrogens is 288 g/mol. The molecule has 116 valence electrons. The molecule has 21 heavy (non-hydrogen) atoms. The molecule has 0 saturated carbocycles. The van der Waals surface area contributed by atoms with Crippen LogP contribution in [0.5, 0.6) is 0 Å². The third-order valence-corrected chi connectivity index (χ3v) is 4.02. The van der Waals surface area contributed by atoms with Crippen LogP contribution in [0.2, 0.25) is 5.15 Å². The minimum absolute atomic E-state index is 0.0237. The average molecular weight is 311 g/mol. The summed E-state index contributed by atoms with van der Waals surface area (Å²) in [5, 5.41) is 0.379. The monoisotopic (exact) mass is 310 g/mol. The molecule has 0 spiro atoms. The Morgan fingerprint density at radius 3 is 2.86 bits per heavy atom. The van der Waals surface area contributed by atoms with Gasteiger partial charge in [-0.3, -0.25) is 4.79 Å². The Morgan fingerprint density at radius 1 is 1.52 bits per heavy atom. The Balaban J connectivity index is 2.16. The number of carbonyl (C=O) groups is 1. The maximum atomic E-state index is 12.7. The lowest BCUT2D eigenvalue weighted by atomic mass is 10.1. The van der Waals surface area contributed by atoms with E-state index in [0.717, 1.165) is 31.9 Å². The lowest BCUT2D eigenvalue weighted by molar-refractivity contribution is 0.0730. The minimum atomic E-state index is 0.0237. The van der Waals surface area contributed by atoms with E-state index in [4.69, 9.17) is 16.3 Å². The summed E-state index contributed by atoms with van der Waals surface area (Å²) in [7, 11) is 0. The summed E-state index contributed by atoms with van der Waals surface area (Å²) in [4.78, 5) is 18.8. The summed E-state index contributed by atoms with van der Waals surface area (Å²) in [5.74, 6) is 0.708. The number of nitrogens with zero attached hydrogens (tertiary/aromatic N) is 2. The SMILES string of the molecule is CCN(CC1CCOC1)C(=O)c1cc(Cl)nc(C(C)C)c1. The molecule has 1 fully saturated rings. The van der Waals surface area contributed by atoms with Gasteiger partial charge in [-0.2, -0.15) is 0 Å². The highest BCUT2D eigenvalue weighted by Gasteiger charge is 2.23. The zero-order valence-corrected chi connectivity index (χ0v) is 13.7. The molecule has 0 N–H and O–H groups in total. The molecule has 1 unspecified atom stereocenters. The highest BCUT2D eigenvalue weighted by molar-refractivity contribution is 6.29. The highest BCUT2D eigenvalue weighted by Crippen LogP contribution is 2.20. The first kappa shape index (κ1) is 16.2. The third kappa shape index (κ3) is 4.17. The van der Waals surface area contributed by atoms with Crippen molar-refractivity contribution in [3.8, 4) is 0 Å². The smallest absolute Gasteiger partial charge is 0.254 e. The van der Waals surface area contributed by atoms with Crippen LogP contribution in [0, 0.1) is 5.92 Å². The Bertz CT molecular complexity index is 499. The van der Waals surface area contributed by atoms with Crippen LogP contribution in [-0.4, -0.2) is 42.1 Å². The Hall–Kier alpha value is -1.13. The van der Waals surface area contributed by atoms with Crippen LogP contribution in [-0.2, 0) is 4.74 Å². The molecular formula is C16H23ClN2O2. The van der Waals surface area contributed by atoms with Crippen molar-refractivity contribution in [3.63, 3.8) is 0 Å². The molecule has 0 aliphatic carbocycles. The second-order valence-electron chi connectivity index (χ2n) is 5.83. The van der Waals surface area contributed by atoms with Gasteiger partial charge in [-0.1, -0.05) is 25.4 Å². The van der Waals surface area contributed by atoms with E-state index in [9.17, 15) is 4.79 Å². The first-order valence-corrected chi connectivity index (χ1v) is 7.93.